The second-order valence-corrected chi connectivity index (χ2v) is 10.8. The topological polar surface area (TPSA) is 118 Å². The van der Waals surface area contributed by atoms with Gasteiger partial charge in [-0.05, 0) is 79.5 Å². The Bertz CT molecular complexity index is 1170. The molecule has 2 aromatic rings. The Balaban J connectivity index is 1.47. The van der Waals surface area contributed by atoms with Crippen LogP contribution in [-0.2, 0) is 26.0 Å². The van der Waals surface area contributed by atoms with E-state index in [0.717, 1.165) is 11.1 Å². The fourth-order valence-corrected chi connectivity index (χ4v) is 6.38. The number of benzene rings is 2. The van der Waals surface area contributed by atoms with E-state index in [-0.39, 0.29) is 28.6 Å². The van der Waals surface area contributed by atoms with Crippen LogP contribution in [-0.4, -0.2) is 26.3 Å². The van der Waals surface area contributed by atoms with Gasteiger partial charge in [-0.1, -0.05) is 19.1 Å². The summed E-state index contributed by atoms with van der Waals surface area (Å²) in [6, 6.07) is 10.4. The number of nitrogens with one attached hydrogen (secondary N) is 2. The fraction of sp³-hybridized carbons (Fsp3) is 0.417. The van der Waals surface area contributed by atoms with E-state index >= 15 is 0 Å². The van der Waals surface area contributed by atoms with Gasteiger partial charge in [0.05, 0.1) is 10.3 Å². The third-order valence-corrected chi connectivity index (χ3v) is 8.69. The maximum Gasteiger partial charge on any atom is 0.240 e. The van der Waals surface area contributed by atoms with E-state index in [9.17, 15) is 22.4 Å². The highest BCUT2D eigenvalue weighted by molar-refractivity contribution is 7.89. The number of carbonyl (C=O) groups is 2. The van der Waals surface area contributed by atoms with Crippen LogP contribution < -0.4 is 15.8 Å². The maximum atomic E-state index is 13.3. The van der Waals surface area contributed by atoms with E-state index in [1.54, 1.807) is 24.3 Å². The summed E-state index contributed by atoms with van der Waals surface area (Å²) in [5.41, 5.74) is 7.28. The van der Waals surface area contributed by atoms with E-state index < -0.39 is 21.3 Å². The Labute approximate surface area is 193 Å². The second kappa shape index (κ2) is 8.87. The molecule has 0 aromatic heterocycles. The number of hydrogen-bond acceptors (Lipinski definition) is 4. The number of anilines is 1. The number of aryl methyl sites for hydroxylation is 1. The highest BCUT2D eigenvalue weighted by Crippen LogP contribution is 2.47. The fourth-order valence-electron chi connectivity index (χ4n) is 5.03. The highest BCUT2D eigenvalue weighted by atomic mass is 32.2. The summed E-state index contributed by atoms with van der Waals surface area (Å²) in [6.07, 6.45) is 2.63. The van der Waals surface area contributed by atoms with E-state index in [0.29, 0.717) is 44.2 Å². The molecule has 1 saturated carbocycles. The number of nitrogens with two attached hydrogens (primary N) is 1. The molecule has 2 aromatic carbocycles. The molecule has 0 bridgehead atoms. The summed E-state index contributed by atoms with van der Waals surface area (Å²) in [4.78, 5) is 24.2. The zero-order chi connectivity index (χ0) is 23.8. The minimum Gasteiger partial charge on any atom is -0.369 e. The smallest absolute Gasteiger partial charge is 0.240 e. The summed E-state index contributed by atoms with van der Waals surface area (Å²) in [7, 11) is -3.76. The number of fused-ring (bicyclic) bond motifs is 1. The third-order valence-electron chi connectivity index (χ3n) is 7.17. The van der Waals surface area contributed by atoms with Crippen molar-refractivity contribution in [1.82, 2.24) is 4.72 Å². The number of carbonyl (C=O) groups excluding carboxylic acids is 2. The minimum atomic E-state index is -3.76. The zero-order valence-electron chi connectivity index (χ0n) is 18.4. The number of sulfonamides is 1. The average Bonchev–Trinajstić information content (AvgIpc) is 2.79. The van der Waals surface area contributed by atoms with Gasteiger partial charge in [-0.25, -0.2) is 17.5 Å². The Morgan fingerprint density at radius 1 is 1.15 bits per heavy atom. The second-order valence-electron chi connectivity index (χ2n) is 9.06. The summed E-state index contributed by atoms with van der Waals surface area (Å²) in [6.45, 7) is 1.91. The molecule has 1 fully saturated rings. The normalized spacial score (nSPS) is 23.9. The van der Waals surface area contributed by atoms with Crippen LogP contribution in [0.5, 0.6) is 0 Å². The van der Waals surface area contributed by atoms with Crippen LogP contribution in [0.2, 0.25) is 0 Å². The number of halogens is 1. The molecule has 0 spiro atoms. The van der Waals surface area contributed by atoms with Gasteiger partial charge in [-0.2, -0.15) is 0 Å². The van der Waals surface area contributed by atoms with Crippen LogP contribution in [0.3, 0.4) is 0 Å². The quantitative estimate of drug-likeness (QED) is 0.597. The van der Waals surface area contributed by atoms with Crippen molar-refractivity contribution >= 4 is 27.5 Å². The Kier molecular flexibility index (Phi) is 6.28. The van der Waals surface area contributed by atoms with E-state index in [1.807, 2.05) is 6.92 Å². The largest absolute Gasteiger partial charge is 0.369 e. The Morgan fingerprint density at radius 3 is 2.45 bits per heavy atom. The summed E-state index contributed by atoms with van der Waals surface area (Å²) < 4.78 is 42.1. The molecule has 0 unspecified atom stereocenters. The first-order valence-corrected chi connectivity index (χ1v) is 12.6. The number of amides is 2. The molecular formula is C24H28FN3O4S. The molecule has 2 amide bonds. The van der Waals surface area contributed by atoms with Gasteiger partial charge in [0.25, 0.3) is 0 Å². The third kappa shape index (κ3) is 4.65. The molecule has 9 heteroatoms. The average molecular weight is 474 g/mol. The standard InChI is InChI=1S/C24H28FN3O4S/c1-15(16-2-5-18(25)6-3-16)24(23(26)30)12-10-19(11-13-24)28-33(31,32)20-7-8-21-17(14-20)4-9-22(29)27-21/h2-3,5-8,14-15,19,28H,4,9-13H2,1H3,(H2,26,30)(H,27,29)/t15-,19?,24?/m1/s1. The van der Waals surface area contributed by atoms with E-state index in [2.05, 4.69) is 10.0 Å². The first-order chi connectivity index (χ1) is 15.6. The maximum absolute atomic E-state index is 13.3. The van der Waals surface area contributed by atoms with Gasteiger partial charge in [0.15, 0.2) is 0 Å². The molecule has 0 saturated heterocycles. The molecule has 1 aliphatic heterocycles. The van der Waals surface area contributed by atoms with Crippen LogP contribution in [0.25, 0.3) is 0 Å². The van der Waals surface area contributed by atoms with Crippen molar-refractivity contribution in [2.45, 2.75) is 62.3 Å². The first-order valence-electron chi connectivity index (χ1n) is 11.1. The molecule has 1 atom stereocenters. The van der Waals surface area contributed by atoms with Crippen LogP contribution >= 0.6 is 0 Å². The zero-order valence-corrected chi connectivity index (χ0v) is 19.3. The van der Waals surface area contributed by atoms with Crippen LogP contribution in [0.4, 0.5) is 10.1 Å². The summed E-state index contributed by atoms with van der Waals surface area (Å²) >= 11 is 0. The first kappa shape index (κ1) is 23.4. The summed E-state index contributed by atoms with van der Waals surface area (Å²) in [5.74, 6) is -1.06. The van der Waals surface area contributed by atoms with Crippen molar-refractivity contribution in [3.05, 3.63) is 59.4 Å². The van der Waals surface area contributed by atoms with E-state index in [1.165, 1.54) is 18.2 Å². The predicted octanol–water partition coefficient (Wildman–Crippen LogP) is 3.21. The van der Waals surface area contributed by atoms with Crippen molar-refractivity contribution in [3.8, 4) is 0 Å². The molecule has 33 heavy (non-hydrogen) atoms. The van der Waals surface area contributed by atoms with Gasteiger partial charge in [0, 0.05) is 18.2 Å². The summed E-state index contributed by atoms with van der Waals surface area (Å²) in [5, 5.41) is 2.75. The van der Waals surface area contributed by atoms with Gasteiger partial charge in [0.1, 0.15) is 5.82 Å². The number of rotatable bonds is 6. The van der Waals surface area contributed by atoms with E-state index in [4.69, 9.17) is 5.73 Å². The van der Waals surface area contributed by atoms with Crippen molar-refractivity contribution in [2.75, 3.05) is 5.32 Å². The van der Waals surface area contributed by atoms with Crippen molar-refractivity contribution in [2.24, 2.45) is 11.1 Å². The lowest BCUT2D eigenvalue weighted by Crippen LogP contribution is -2.48. The lowest BCUT2D eigenvalue weighted by Gasteiger charge is -2.42. The van der Waals surface area contributed by atoms with Gasteiger partial charge in [0.2, 0.25) is 21.8 Å². The van der Waals surface area contributed by atoms with Crippen LogP contribution in [0, 0.1) is 11.2 Å². The molecule has 7 nitrogen and oxygen atoms in total. The lowest BCUT2D eigenvalue weighted by molar-refractivity contribution is -0.131. The molecule has 1 aliphatic carbocycles. The molecular weight excluding hydrogens is 445 g/mol. The molecule has 4 N–H and O–H groups in total. The van der Waals surface area contributed by atoms with Gasteiger partial charge in [-0.3, -0.25) is 9.59 Å². The SMILES string of the molecule is C[C@H](c1ccc(F)cc1)C1(C(N)=O)CCC(NS(=O)(=O)c2ccc3c(c2)CCC(=O)N3)CC1. The molecule has 1 heterocycles. The van der Waals surface area contributed by atoms with Crippen LogP contribution in [0.1, 0.15) is 56.1 Å². The predicted molar refractivity (Wildman–Crippen MR) is 122 cm³/mol. The molecule has 0 radical (unpaired) electrons. The minimum absolute atomic E-state index is 0.0776. The number of primary amides is 1. The Hall–Kier alpha value is -2.78. The molecule has 2 aliphatic rings. The van der Waals surface area contributed by atoms with Gasteiger partial charge >= 0.3 is 0 Å². The molecule has 4 rings (SSSR count). The highest BCUT2D eigenvalue weighted by Gasteiger charge is 2.45. The van der Waals surface area contributed by atoms with Gasteiger partial charge in [-0.15, -0.1) is 0 Å². The lowest BCUT2D eigenvalue weighted by atomic mass is 9.63. The Morgan fingerprint density at radius 2 is 1.82 bits per heavy atom. The van der Waals surface area contributed by atoms with Gasteiger partial charge < -0.3 is 11.1 Å². The van der Waals surface area contributed by atoms with Crippen LogP contribution in [0.15, 0.2) is 47.4 Å². The van der Waals surface area contributed by atoms with Crippen molar-refractivity contribution in [3.63, 3.8) is 0 Å². The van der Waals surface area contributed by atoms with Crippen molar-refractivity contribution < 1.29 is 22.4 Å². The van der Waals surface area contributed by atoms with Crippen molar-refractivity contribution in [1.29, 1.82) is 0 Å². The monoisotopic (exact) mass is 473 g/mol. The number of hydrogen-bond donors (Lipinski definition) is 3. The molecule has 176 valence electrons.